The molecule has 0 heterocycles. The molecule has 1 saturated carbocycles. The average Bonchev–Trinajstić information content (AvgIpc) is 2.25. The quantitative estimate of drug-likeness (QED) is 0.741. The molecule has 2 unspecified atom stereocenters. The normalized spacial score (nSPS) is 19.5. The second-order valence-electron chi connectivity index (χ2n) is 5.33. The maximum absolute atomic E-state index is 12.1. The minimum absolute atomic E-state index is 0.0509. The Morgan fingerprint density at radius 2 is 1.88 bits per heavy atom. The van der Waals surface area contributed by atoms with Gasteiger partial charge in [-0.3, -0.25) is 4.79 Å². The standard InChI is InChI=1S/C14H28N2O/c1-5-16(6-2)14(17)12(4)15-11(3)10-13-8-7-9-13/h11-13,15H,5-10H2,1-4H3. The van der Waals surface area contributed by atoms with Gasteiger partial charge >= 0.3 is 0 Å². The van der Waals surface area contributed by atoms with Gasteiger partial charge in [0.1, 0.15) is 0 Å². The molecule has 1 N–H and O–H groups in total. The Morgan fingerprint density at radius 3 is 2.29 bits per heavy atom. The van der Waals surface area contributed by atoms with E-state index in [1.807, 2.05) is 25.7 Å². The van der Waals surface area contributed by atoms with E-state index in [1.54, 1.807) is 0 Å². The van der Waals surface area contributed by atoms with Crippen LogP contribution in [0.4, 0.5) is 0 Å². The van der Waals surface area contributed by atoms with Crippen molar-refractivity contribution in [3.8, 4) is 0 Å². The van der Waals surface area contributed by atoms with Crippen molar-refractivity contribution in [2.75, 3.05) is 13.1 Å². The summed E-state index contributed by atoms with van der Waals surface area (Å²) in [5.41, 5.74) is 0. The highest BCUT2D eigenvalue weighted by atomic mass is 16.2. The van der Waals surface area contributed by atoms with Crippen LogP contribution in [0.3, 0.4) is 0 Å². The van der Waals surface area contributed by atoms with E-state index in [9.17, 15) is 4.79 Å². The highest BCUT2D eigenvalue weighted by Gasteiger charge is 2.23. The van der Waals surface area contributed by atoms with Crippen molar-refractivity contribution in [2.45, 2.75) is 65.5 Å². The topological polar surface area (TPSA) is 32.3 Å². The molecule has 0 aliphatic heterocycles. The number of carbonyl (C=O) groups excluding carboxylic acids is 1. The van der Waals surface area contributed by atoms with Crippen LogP contribution in [0.1, 0.15) is 53.4 Å². The fraction of sp³-hybridized carbons (Fsp3) is 0.929. The Balaban J connectivity index is 2.30. The second kappa shape index (κ2) is 7.00. The first kappa shape index (κ1) is 14.5. The van der Waals surface area contributed by atoms with Crippen LogP contribution < -0.4 is 5.32 Å². The number of hydrogen-bond acceptors (Lipinski definition) is 2. The molecule has 1 aliphatic rings. The third kappa shape index (κ3) is 4.30. The monoisotopic (exact) mass is 240 g/mol. The van der Waals surface area contributed by atoms with Crippen LogP contribution in [0.25, 0.3) is 0 Å². The predicted octanol–water partition coefficient (Wildman–Crippen LogP) is 2.41. The first-order valence-electron chi connectivity index (χ1n) is 7.13. The van der Waals surface area contributed by atoms with Gasteiger partial charge in [-0.15, -0.1) is 0 Å². The van der Waals surface area contributed by atoms with Crippen molar-refractivity contribution in [3.63, 3.8) is 0 Å². The van der Waals surface area contributed by atoms with Crippen molar-refractivity contribution in [2.24, 2.45) is 5.92 Å². The number of rotatable bonds is 7. The maximum Gasteiger partial charge on any atom is 0.239 e. The molecular formula is C14H28N2O. The number of nitrogens with zero attached hydrogens (tertiary/aromatic N) is 1. The molecule has 0 aromatic heterocycles. The zero-order chi connectivity index (χ0) is 12.8. The molecule has 2 atom stereocenters. The third-order valence-electron chi connectivity index (χ3n) is 3.89. The van der Waals surface area contributed by atoms with Crippen molar-refractivity contribution in [1.29, 1.82) is 0 Å². The van der Waals surface area contributed by atoms with Crippen molar-refractivity contribution in [3.05, 3.63) is 0 Å². The van der Waals surface area contributed by atoms with Gasteiger partial charge in [-0.1, -0.05) is 19.3 Å². The summed E-state index contributed by atoms with van der Waals surface area (Å²) in [5, 5.41) is 3.44. The maximum atomic E-state index is 12.1. The van der Waals surface area contributed by atoms with Crippen molar-refractivity contribution in [1.82, 2.24) is 10.2 Å². The number of hydrogen-bond donors (Lipinski definition) is 1. The molecule has 0 aromatic rings. The van der Waals surface area contributed by atoms with E-state index in [4.69, 9.17) is 0 Å². The lowest BCUT2D eigenvalue weighted by Gasteiger charge is -2.31. The molecular weight excluding hydrogens is 212 g/mol. The first-order valence-corrected chi connectivity index (χ1v) is 7.13. The molecule has 0 radical (unpaired) electrons. The zero-order valence-electron chi connectivity index (χ0n) is 11.8. The highest BCUT2D eigenvalue weighted by molar-refractivity contribution is 5.81. The van der Waals surface area contributed by atoms with Gasteiger partial charge in [0.15, 0.2) is 0 Å². The van der Waals surface area contributed by atoms with E-state index in [0.29, 0.717) is 6.04 Å². The minimum atomic E-state index is -0.0509. The van der Waals surface area contributed by atoms with Gasteiger partial charge in [0.25, 0.3) is 0 Å². The van der Waals surface area contributed by atoms with E-state index >= 15 is 0 Å². The Bertz CT molecular complexity index is 234. The van der Waals surface area contributed by atoms with Gasteiger partial charge in [-0.2, -0.15) is 0 Å². The molecule has 1 amide bonds. The van der Waals surface area contributed by atoms with E-state index in [0.717, 1.165) is 19.0 Å². The summed E-state index contributed by atoms with van der Waals surface area (Å²) in [6, 6.07) is 0.403. The van der Waals surface area contributed by atoms with Gasteiger partial charge in [-0.25, -0.2) is 0 Å². The molecule has 100 valence electrons. The van der Waals surface area contributed by atoms with E-state index in [-0.39, 0.29) is 11.9 Å². The van der Waals surface area contributed by atoms with Crippen LogP contribution in [0.5, 0.6) is 0 Å². The van der Waals surface area contributed by atoms with Crippen LogP contribution in [-0.2, 0) is 4.79 Å². The Labute approximate surface area is 106 Å². The number of carbonyl (C=O) groups is 1. The zero-order valence-corrected chi connectivity index (χ0v) is 11.8. The van der Waals surface area contributed by atoms with Gasteiger partial charge in [0.2, 0.25) is 5.91 Å². The van der Waals surface area contributed by atoms with Crippen LogP contribution >= 0.6 is 0 Å². The molecule has 17 heavy (non-hydrogen) atoms. The van der Waals surface area contributed by atoms with E-state index in [2.05, 4.69) is 12.2 Å². The van der Waals surface area contributed by atoms with Crippen LogP contribution in [0.2, 0.25) is 0 Å². The first-order chi connectivity index (χ1) is 8.08. The Kier molecular flexibility index (Phi) is 5.96. The van der Waals surface area contributed by atoms with Crippen LogP contribution in [0, 0.1) is 5.92 Å². The summed E-state index contributed by atoms with van der Waals surface area (Å²) in [6.45, 7) is 9.86. The summed E-state index contributed by atoms with van der Waals surface area (Å²) in [5.74, 6) is 1.13. The lowest BCUT2D eigenvalue weighted by molar-refractivity contribution is -0.132. The van der Waals surface area contributed by atoms with E-state index in [1.165, 1.54) is 25.7 Å². The molecule has 1 fully saturated rings. The molecule has 1 aliphatic carbocycles. The predicted molar refractivity (Wildman–Crippen MR) is 71.9 cm³/mol. The lowest BCUT2D eigenvalue weighted by atomic mass is 9.81. The molecule has 3 nitrogen and oxygen atoms in total. The van der Waals surface area contributed by atoms with Gasteiger partial charge in [0.05, 0.1) is 6.04 Å². The Hall–Kier alpha value is -0.570. The van der Waals surface area contributed by atoms with Crippen molar-refractivity contribution < 1.29 is 4.79 Å². The van der Waals surface area contributed by atoms with Gasteiger partial charge < -0.3 is 10.2 Å². The number of amides is 1. The number of nitrogens with one attached hydrogen (secondary N) is 1. The van der Waals surface area contributed by atoms with Gasteiger partial charge in [0, 0.05) is 19.1 Å². The SMILES string of the molecule is CCN(CC)C(=O)C(C)NC(C)CC1CCC1. The fourth-order valence-corrected chi connectivity index (χ4v) is 2.60. The summed E-state index contributed by atoms with van der Waals surface area (Å²) in [7, 11) is 0. The molecule has 0 saturated heterocycles. The largest absolute Gasteiger partial charge is 0.342 e. The molecule has 0 aromatic carbocycles. The fourth-order valence-electron chi connectivity index (χ4n) is 2.60. The Morgan fingerprint density at radius 1 is 1.29 bits per heavy atom. The minimum Gasteiger partial charge on any atom is -0.342 e. The molecule has 1 rings (SSSR count). The lowest BCUT2D eigenvalue weighted by Crippen LogP contribution is -2.48. The smallest absolute Gasteiger partial charge is 0.239 e. The number of likely N-dealkylation sites (N-methyl/N-ethyl adjacent to an activating group) is 1. The van der Waals surface area contributed by atoms with Crippen LogP contribution in [-0.4, -0.2) is 36.0 Å². The molecule has 0 spiro atoms. The summed E-state index contributed by atoms with van der Waals surface area (Å²) < 4.78 is 0. The molecule has 3 heteroatoms. The second-order valence-corrected chi connectivity index (χ2v) is 5.33. The van der Waals surface area contributed by atoms with Crippen molar-refractivity contribution >= 4 is 5.91 Å². The van der Waals surface area contributed by atoms with Gasteiger partial charge in [-0.05, 0) is 40.0 Å². The van der Waals surface area contributed by atoms with Crippen LogP contribution in [0.15, 0.2) is 0 Å². The average molecular weight is 240 g/mol. The molecule has 0 bridgehead atoms. The summed E-state index contributed by atoms with van der Waals surface area (Å²) in [6.07, 6.45) is 5.37. The summed E-state index contributed by atoms with van der Waals surface area (Å²) >= 11 is 0. The highest BCUT2D eigenvalue weighted by Crippen LogP contribution is 2.30. The van der Waals surface area contributed by atoms with E-state index < -0.39 is 0 Å². The summed E-state index contributed by atoms with van der Waals surface area (Å²) in [4.78, 5) is 14.0. The third-order valence-corrected chi connectivity index (χ3v) is 3.89.